The van der Waals surface area contributed by atoms with Crippen LogP contribution in [0.2, 0.25) is 0 Å². The number of aromatic amines is 2. The molecule has 0 spiro atoms. The van der Waals surface area contributed by atoms with Crippen molar-refractivity contribution < 1.29 is 0 Å². The summed E-state index contributed by atoms with van der Waals surface area (Å²) in [5.74, 6) is 1.62. The van der Waals surface area contributed by atoms with Crippen LogP contribution in [-0.2, 0) is 25.7 Å². The molecule has 0 saturated heterocycles. The van der Waals surface area contributed by atoms with Gasteiger partial charge in [0.25, 0.3) is 0 Å². The molecular formula is C52H72N10S2. The molecule has 0 radical (unpaired) electrons. The summed E-state index contributed by atoms with van der Waals surface area (Å²) in [7, 11) is 0. The number of H-pyrrole nitrogens is 2. The van der Waals surface area contributed by atoms with Crippen molar-refractivity contribution >= 4 is 93.5 Å². The summed E-state index contributed by atoms with van der Waals surface area (Å²) < 4.78 is 0. The zero-order valence-electron chi connectivity index (χ0n) is 39.5. The Kier molecular flexibility index (Phi) is 19.3. The van der Waals surface area contributed by atoms with Crippen molar-refractivity contribution in [2.24, 2.45) is 45.3 Å². The van der Waals surface area contributed by atoms with Gasteiger partial charge in [-0.25, -0.2) is 9.97 Å². The molecule has 8 N–H and O–H groups in total. The van der Waals surface area contributed by atoms with E-state index in [0.29, 0.717) is 23.7 Å². The fraction of sp³-hybridized carbons (Fsp3) is 0.462. The summed E-state index contributed by atoms with van der Waals surface area (Å²) in [6, 6.07) is 9.06. The maximum Gasteiger partial charge on any atom is 0.184 e. The summed E-state index contributed by atoms with van der Waals surface area (Å²) in [4.78, 5) is 18.9. The molecule has 0 fully saturated rings. The van der Waals surface area contributed by atoms with E-state index in [1.54, 1.807) is 0 Å². The number of aromatic nitrogens is 4. The molecule has 2 aliphatic heterocycles. The Morgan fingerprint density at radius 1 is 0.531 bits per heavy atom. The fourth-order valence-electron chi connectivity index (χ4n) is 8.48. The van der Waals surface area contributed by atoms with Crippen LogP contribution in [0.25, 0.3) is 46.4 Å². The number of fused-ring (bicyclic) bond motifs is 8. The number of allylic oxidation sites excluding steroid dienone is 4. The van der Waals surface area contributed by atoms with Crippen LogP contribution in [0.5, 0.6) is 0 Å². The first kappa shape index (κ1) is 49.8. The highest BCUT2D eigenvalue weighted by Gasteiger charge is 2.20. The zero-order valence-corrected chi connectivity index (χ0v) is 41.1. The zero-order chi connectivity index (χ0) is 46.2. The summed E-state index contributed by atoms with van der Waals surface area (Å²) in [5, 5.41) is 8.70. The van der Waals surface area contributed by atoms with Gasteiger partial charge in [0.15, 0.2) is 10.2 Å². The second kappa shape index (κ2) is 24.8. The van der Waals surface area contributed by atoms with Gasteiger partial charge in [0, 0.05) is 51.2 Å². The molecule has 3 aromatic rings. The van der Waals surface area contributed by atoms with Gasteiger partial charge in [0.2, 0.25) is 0 Å². The molecule has 0 amide bonds. The van der Waals surface area contributed by atoms with Crippen molar-refractivity contribution in [3.8, 4) is 0 Å². The third kappa shape index (κ3) is 15.5. The highest BCUT2D eigenvalue weighted by molar-refractivity contribution is 7.80. The Hall–Kier alpha value is -5.20. The van der Waals surface area contributed by atoms with Crippen molar-refractivity contribution in [1.82, 2.24) is 30.8 Å². The number of rotatable bonds is 22. The van der Waals surface area contributed by atoms with E-state index in [0.717, 1.165) is 122 Å². The fourth-order valence-corrected chi connectivity index (χ4v) is 8.59. The van der Waals surface area contributed by atoms with E-state index >= 15 is 0 Å². The lowest BCUT2D eigenvalue weighted by Crippen LogP contribution is -2.23. The first-order valence-corrected chi connectivity index (χ1v) is 24.0. The smallest absolute Gasteiger partial charge is 0.184 e. The molecule has 0 aromatic carbocycles. The van der Waals surface area contributed by atoms with Crippen molar-refractivity contribution in [1.29, 1.82) is 0 Å². The maximum atomic E-state index is 5.58. The van der Waals surface area contributed by atoms with E-state index in [-0.39, 0.29) is 10.2 Å². The van der Waals surface area contributed by atoms with Crippen LogP contribution in [0.3, 0.4) is 0 Å². The molecule has 4 atom stereocenters. The van der Waals surface area contributed by atoms with E-state index in [1.807, 2.05) is 12.4 Å². The summed E-state index contributed by atoms with van der Waals surface area (Å²) in [6.07, 6.45) is 28.6. The molecule has 10 nitrogen and oxygen atoms in total. The van der Waals surface area contributed by atoms with Gasteiger partial charge in [-0.15, -0.1) is 0 Å². The van der Waals surface area contributed by atoms with Gasteiger partial charge in [-0.2, -0.15) is 10.2 Å². The normalized spacial score (nSPS) is 14.1. The quantitative estimate of drug-likeness (QED) is 0.0173. The number of hydrazone groups is 2. The van der Waals surface area contributed by atoms with Crippen molar-refractivity contribution in [3.63, 3.8) is 0 Å². The highest BCUT2D eigenvalue weighted by atomic mass is 32.1. The molecular weight excluding hydrogens is 829 g/mol. The Morgan fingerprint density at radius 2 is 0.844 bits per heavy atom. The predicted octanol–water partition coefficient (Wildman–Crippen LogP) is 12.1. The van der Waals surface area contributed by atoms with Crippen LogP contribution in [0.4, 0.5) is 0 Å². The molecule has 5 rings (SSSR count). The molecule has 2 aliphatic rings. The van der Waals surface area contributed by atoms with Crippen LogP contribution < -0.4 is 22.3 Å². The Bertz CT molecular complexity index is 2300. The Labute approximate surface area is 392 Å². The molecule has 0 aliphatic carbocycles. The van der Waals surface area contributed by atoms with Gasteiger partial charge >= 0.3 is 0 Å². The van der Waals surface area contributed by atoms with Crippen LogP contribution in [-0.4, -0.2) is 42.6 Å². The average molecular weight is 901 g/mol. The van der Waals surface area contributed by atoms with Crippen LogP contribution >= 0.6 is 24.4 Å². The molecule has 8 bridgehead atoms. The molecule has 64 heavy (non-hydrogen) atoms. The van der Waals surface area contributed by atoms with Gasteiger partial charge in [-0.05, 0) is 207 Å². The van der Waals surface area contributed by atoms with E-state index in [9.17, 15) is 0 Å². The van der Waals surface area contributed by atoms with E-state index in [1.165, 1.54) is 33.4 Å². The third-order valence-corrected chi connectivity index (χ3v) is 12.1. The first-order chi connectivity index (χ1) is 30.7. The summed E-state index contributed by atoms with van der Waals surface area (Å²) in [6.45, 7) is 18.0. The second-order valence-electron chi connectivity index (χ2n) is 18.6. The molecule has 3 aromatic heterocycles. The highest BCUT2D eigenvalue weighted by Crippen LogP contribution is 2.32. The summed E-state index contributed by atoms with van der Waals surface area (Å²) in [5.41, 5.74) is 32.6. The number of hydrogen-bond acceptors (Lipinski definition) is 6. The molecule has 5 heterocycles. The third-order valence-electron chi connectivity index (χ3n) is 11.9. The van der Waals surface area contributed by atoms with Gasteiger partial charge in [0.05, 0.1) is 22.8 Å². The van der Waals surface area contributed by atoms with Crippen LogP contribution in [0, 0.1) is 23.7 Å². The molecule has 4 unspecified atom stereocenters. The molecule has 12 heteroatoms. The number of nitrogens with one attached hydrogen (secondary N) is 4. The summed E-state index contributed by atoms with van der Waals surface area (Å²) >= 11 is 9.85. The number of nitrogens with two attached hydrogens (primary N) is 2. The van der Waals surface area contributed by atoms with Gasteiger partial charge in [-0.3, -0.25) is 10.9 Å². The predicted molar refractivity (Wildman–Crippen MR) is 283 cm³/mol. The van der Waals surface area contributed by atoms with E-state index < -0.39 is 0 Å². The van der Waals surface area contributed by atoms with Crippen molar-refractivity contribution in [2.45, 2.75) is 132 Å². The van der Waals surface area contributed by atoms with Gasteiger partial charge < -0.3 is 21.4 Å². The maximum absolute atomic E-state index is 5.58. The average Bonchev–Trinajstić information content (AvgIpc) is 4.07. The van der Waals surface area contributed by atoms with Gasteiger partial charge in [-0.1, -0.05) is 51.0 Å². The van der Waals surface area contributed by atoms with Crippen molar-refractivity contribution in [2.75, 3.05) is 0 Å². The lowest BCUT2D eigenvalue weighted by atomic mass is 9.94. The van der Waals surface area contributed by atoms with Crippen molar-refractivity contribution in [3.05, 3.63) is 92.6 Å². The lowest BCUT2D eigenvalue weighted by molar-refractivity contribution is 0.533. The first-order valence-electron chi connectivity index (χ1n) is 23.2. The minimum atomic E-state index is 0.168. The molecule has 0 saturated carbocycles. The number of thiocarbonyl (C=S) groups is 2. The van der Waals surface area contributed by atoms with E-state index in [2.05, 4.69) is 147 Å². The monoisotopic (exact) mass is 901 g/mol. The standard InChI is InChI=1S/C52H72N10S2/c1-33(2)13-9-15-35(5)29-39-43-19-23-47(57-43)41(31-37(7)17-11-27-55-61-51(53)63)49-25-21-45(59-49)40(30-36(6)16-10-14-34(3)4)46-22-26-50(60-46)42(48-24-20-44(39)58-48)32-38(8)18-12-28-56-62-52(54)64/h13-14,19-28,35-38,57-58H,9-12,15-18,29-32H2,1-8H3,(H3,53,61,63)(H3,54,62,64)/b43-39?,44-39?,45-40?,46-40?,47-41?,48-42?,49-41?,50-42?,55-27+,56-28+. The number of hydrogen-bond donors (Lipinski definition) is 6. The van der Waals surface area contributed by atoms with Crippen LogP contribution in [0.1, 0.15) is 152 Å². The topological polar surface area (TPSA) is 158 Å². The largest absolute Gasteiger partial charge is 0.375 e. The molecule has 342 valence electrons. The second-order valence-corrected chi connectivity index (χ2v) is 19.5. The Balaban J connectivity index is 1.73. The van der Waals surface area contributed by atoms with Crippen LogP contribution in [0.15, 0.2) is 57.8 Å². The van der Waals surface area contributed by atoms with E-state index in [4.69, 9.17) is 45.9 Å². The van der Waals surface area contributed by atoms with Gasteiger partial charge in [0.1, 0.15) is 0 Å². The lowest BCUT2D eigenvalue weighted by Gasteiger charge is -2.13. The Morgan fingerprint density at radius 3 is 1.20 bits per heavy atom. The minimum absolute atomic E-state index is 0.168. The SMILES string of the molecule is CC(C)=CCCC(C)Cc1c2nc(c(CC(C)CC/C=N/NC(N)=S)c3ccc([nH]3)c(CC(C)CCC=C(C)C)c3ccc([nH]3)c(CC(C)CC/C=N/NC(N)=S)c3nc1C=C3)C=C2. The number of nitrogens with zero attached hydrogens (tertiary/aromatic N) is 4. The minimum Gasteiger partial charge on any atom is -0.375 e.